The molecular weight excluding hydrogens is 390 g/mol. The van der Waals surface area contributed by atoms with Gasteiger partial charge in [0.2, 0.25) is 0 Å². The van der Waals surface area contributed by atoms with Crippen LogP contribution >= 0.6 is 0 Å². The predicted molar refractivity (Wildman–Crippen MR) is 103 cm³/mol. The number of halogens is 4. The fraction of sp³-hybridized carbons (Fsp3) is 0.111. The maximum absolute atomic E-state index is 13.9. The third-order valence-corrected chi connectivity index (χ3v) is 4.18. The number of hydrogen-bond acceptors (Lipinski definition) is 6. The van der Waals surface area contributed by atoms with Crippen molar-refractivity contribution in [3.05, 3.63) is 66.0 Å². The first kappa shape index (κ1) is 18.6. The molecule has 29 heavy (non-hydrogen) atoms. The van der Waals surface area contributed by atoms with Crippen LogP contribution in [0.25, 0.3) is 16.9 Å². The number of rotatable bonds is 4. The van der Waals surface area contributed by atoms with Gasteiger partial charge in [0.15, 0.2) is 11.5 Å². The average Bonchev–Trinajstić information content (AvgIpc) is 3.02. The Labute approximate surface area is 165 Å². The minimum atomic E-state index is -4.56. The predicted octanol–water partition coefficient (Wildman–Crippen LogP) is 4.28. The SMILES string of the molecule is Nc1nn2cccnc2c1-c1cc(NCc2cc(C(F)(F)F)ccc2F)ncn1.[HH].[HH].[HH]. The molecule has 0 aliphatic rings. The molecule has 0 radical (unpaired) electrons. The van der Waals surface area contributed by atoms with Crippen LogP contribution in [0.1, 0.15) is 15.4 Å². The second kappa shape index (κ2) is 7.00. The van der Waals surface area contributed by atoms with Gasteiger partial charge < -0.3 is 11.1 Å². The number of nitrogens with two attached hydrogens (primary N) is 1. The zero-order valence-electron chi connectivity index (χ0n) is 14.7. The topological polar surface area (TPSA) is 94.0 Å². The zero-order chi connectivity index (χ0) is 20.6. The number of nitrogens with one attached hydrogen (secondary N) is 1. The van der Waals surface area contributed by atoms with E-state index in [1.807, 2.05) is 0 Å². The molecule has 154 valence electrons. The van der Waals surface area contributed by atoms with Crippen LogP contribution in [0.4, 0.5) is 29.2 Å². The van der Waals surface area contributed by atoms with Crippen molar-refractivity contribution in [2.75, 3.05) is 11.1 Å². The van der Waals surface area contributed by atoms with Crippen molar-refractivity contribution in [2.45, 2.75) is 12.7 Å². The van der Waals surface area contributed by atoms with Gasteiger partial charge in [0.25, 0.3) is 0 Å². The quantitative estimate of drug-likeness (QED) is 0.489. The lowest BCUT2D eigenvalue weighted by molar-refractivity contribution is -0.137. The number of fused-ring (bicyclic) bond motifs is 1. The second-order valence-corrected chi connectivity index (χ2v) is 6.09. The second-order valence-electron chi connectivity index (χ2n) is 6.09. The van der Waals surface area contributed by atoms with E-state index in [1.165, 1.54) is 16.9 Å². The number of nitrogen functional groups attached to an aromatic ring is 1. The van der Waals surface area contributed by atoms with Gasteiger partial charge in [-0.3, -0.25) is 0 Å². The van der Waals surface area contributed by atoms with Gasteiger partial charge in [-0.1, -0.05) is 0 Å². The molecule has 0 bridgehead atoms. The Hall–Kier alpha value is -3.76. The van der Waals surface area contributed by atoms with Gasteiger partial charge in [0, 0.05) is 34.8 Å². The highest BCUT2D eigenvalue weighted by atomic mass is 19.4. The smallest absolute Gasteiger partial charge is 0.382 e. The maximum atomic E-state index is 13.9. The average molecular weight is 409 g/mol. The van der Waals surface area contributed by atoms with Gasteiger partial charge in [-0.05, 0) is 24.3 Å². The number of aromatic nitrogens is 5. The molecule has 0 unspecified atom stereocenters. The Kier molecular flexibility index (Phi) is 4.49. The van der Waals surface area contributed by atoms with Gasteiger partial charge in [-0.2, -0.15) is 13.2 Å². The maximum Gasteiger partial charge on any atom is 0.416 e. The van der Waals surface area contributed by atoms with Gasteiger partial charge >= 0.3 is 6.18 Å². The molecule has 0 aliphatic carbocycles. The van der Waals surface area contributed by atoms with Crippen LogP contribution in [0, 0.1) is 5.82 Å². The molecule has 0 aliphatic heterocycles. The summed E-state index contributed by atoms with van der Waals surface area (Å²) in [5.74, 6) is -0.269. The number of hydrogen-bond donors (Lipinski definition) is 2. The largest absolute Gasteiger partial charge is 0.416 e. The van der Waals surface area contributed by atoms with Crippen LogP contribution in [0.2, 0.25) is 0 Å². The van der Waals surface area contributed by atoms with E-state index >= 15 is 0 Å². The highest BCUT2D eigenvalue weighted by Gasteiger charge is 2.31. The fourth-order valence-electron chi connectivity index (χ4n) is 2.81. The molecule has 0 saturated heterocycles. The lowest BCUT2D eigenvalue weighted by Gasteiger charge is -2.11. The van der Waals surface area contributed by atoms with Crippen molar-refractivity contribution in [3.63, 3.8) is 0 Å². The molecule has 11 heteroatoms. The molecule has 0 spiro atoms. The Balaban J connectivity index is 0.00000171. The van der Waals surface area contributed by atoms with E-state index in [2.05, 4.69) is 25.4 Å². The van der Waals surface area contributed by atoms with Gasteiger partial charge in [-0.15, -0.1) is 5.10 Å². The Morgan fingerprint density at radius 3 is 2.76 bits per heavy atom. The van der Waals surface area contributed by atoms with Crippen LogP contribution < -0.4 is 11.1 Å². The van der Waals surface area contributed by atoms with Crippen LogP contribution in [0.5, 0.6) is 0 Å². The Morgan fingerprint density at radius 2 is 1.97 bits per heavy atom. The molecule has 4 rings (SSSR count). The van der Waals surface area contributed by atoms with Crippen molar-refractivity contribution >= 4 is 17.3 Å². The van der Waals surface area contributed by atoms with E-state index in [-0.39, 0.29) is 28.0 Å². The van der Waals surface area contributed by atoms with Crippen LogP contribution in [0.3, 0.4) is 0 Å². The zero-order valence-corrected chi connectivity index (χ0v) is 14.7. The molecular formula is C18H19F4N7. The lowest BCUT2D eigenvalue weighted by Crippen LogP contribution is -2.09. The van der Waals surface area contributed by atoms with Crippen molar-refractivity contribution in [1.82, 2.24) is 24.6 Å². The third-order valence-electron chi connectivity index (χ3n) is 4.18. The van der Waals surface area contributed by atoms with Gasteiger partial charge in [-0.25, -0.2) is 23.9 Å². The van der Waals surface area contributed by atoms with Crippen LogP contribution in [-0.4, -0.2) is 24.6 Å². The molecule has 3 N–H and O–H groups in total. The summed E-state index contributed by atoms with van der Waals surface area (Å²) >= 11 is 0. The Morgan fingerprint density at radius 1 is 1.14 bits per heavy atom. The minimum Gasteiger partial charge on any atom is -0.382 e. The normalized spacial score (nSPS) is 11.7. The summed E-state index contributed by atoms with van der Waals surface area (Å²) in [7, 11) is 0. The highest BCUT2D eigenvalue weighted by molar-refractivity contribution is 5.84. The molecule has 4 aromatic rings. The summed E-state index contributed by atoms with van der Waals surface area (Å²) in [6, 6.07) is 5.48. The van der Waals surface area contributed by atoms with Crippen LogP contribution in [0.15, 0.2) is 49.1 Å². The summed E-state index contributed by atoms with van der Waals surface area (Å²) in [6.45, 7) is -0.200. The number of benzene rings is 1. The first-order chi connectivity index (χ1) is 13.8. The van der Waals surface area contributed by atoms with Crippen molar-refractivity contribution < 1.29 is 21.8 Å². The molecule has 3 aromatic heterocycles. The van der Waals surface area contributed by atoms with Crippen molar-refractivity contribution in [2.24, 2.45) is 0 Å². The number of nitrogens with zero attached hydrogens (tertiary/aromatic N) is 5. The van der Waals surface area contributed by atoms with E-state index in [0.29, 0.717) is 23.0 Å². The minimum absolute atomic E-state index is 0. The Bertz CT molecular complexity index is 1200. The summed E-state index contributed by atoms with van der Waals surface area (Å²) < 4.78 is 54.0. The summed E-state index contributed by atoms with van der Waals surface area (Å²) in [4.78, 5) is 12.4. The van der Waals surface area contributed by atoms with Crippen molar-refractivity contribution in [3.8, 4) is 11.3 Å². The first-order valence-corrected chi connectivity index (χ1v) is 8.33. The lowest BCUT2D eigenvalue weighted by atomic mass is 10.1. The van der Waals surface area contributed by atoms with E-state index < -0.39 is 17.6 Å². The van der Waals surface area contributed by atoms with E-state index in [9.17, 15) is 17.6 Å². The standard InChI is InChI=1S/C18H13F4N7.3H2/c19-12-3-2-11(18(20,21)22)6-10(12)8-25-14-7-13(26-9-27-14)15-16(23)28-29-5-1-4-24-17(15)29;;;/h1-7,9H,8H2,(H2,23,28)(H,25,26,27);3*1H. The summed E-state index contributed by atoms with van der Waals surface area (Å²) in [5, 5.41) is 6.96. The molecule has 0 atom stereocenters. The molecule has 7 nitrogen and oxygen atoms in total. The van der Waals surface area contributed by atoms with E-state index in [0.717, 1.165) is 12.1 Å². The van der Waals surface area contributed by atoms with E-state index in [1.54, 1.807) is 18.5 Å². The van der Waals surface area contributed by atoms with Gasteiger partial charge in [0.1, 0.15) is 18.0 Å². The molecule has 0 amide bonds. The van der Waals surface area contributed by atoms with E-state index in [4.69, 9.17) is 5.73 Å². The fourth-order valence-corrected chi connectivity index (χ4v) is 2.81. The molecule has 1 aromatic carbocycles. The third kappa shape index (κ3) is 3.66. The van der Waals surface area contributed by atoms with Gasteiger partial charge in [0.05, 0.1) is 16.8 Å². The summed E-state index contributed by atoms with van der Waals surface area (Å²) in [6.07, 6.45) is -0.0414. The summed E-state index contributed by atoms with van der Waals surface area (Å²) in [5.41, 5.74) is 6.29. The molecule has 3 heterocycles. The number of alkyl halides is 3. The molecule has 0 fully saturated rings. The first-order valence-electron chi connectivity index (χ1n) is 8.33. The van der Waals surface area contributed by atoms with Crippen molar-refractivity contribution in [1.29, 1.82) is 0 Å². The molecule has 0 saturated carbocycles. The number of anilines is 2. The van der Waals surface area contributed by atoms with Crippen LogP contribution in [-0.2, 0) is 12.7 Å². The monoisotopic (exact) mass is 409 g/mol. The highest BCUT2D eigenvalue weighted by Crippen LogP contribution is 2.31.